The monoisotopic (exact) mass is 463 g/mol. The van der Waals surface area contributed by atoms with Crippen molar-refractivity contribution in [1.82, 2.24) is 9.80 Å². The van der Waals surface area contributed by atoms with Crippen molar-refractivity contribution in [3.63, 3.8) is 0 Å². The van der Waals surface area contributed by atoms with Crippen LogP contribution in [0.2, 0.25) is 0 Å². The van der Waals surface area contributed by atoms with Gasteiger partial charge in [-0.15, -0.1) is 12.4 Å². The SMILES string of the molecule is CCCCN1CCN(c2c(C(=O)N(C)C)cccc2C2CCC(C(C)(C)C)CC2)CC1.Cl. The van der Waals surface area contributed by atoms with Crippen LogP contribution in [-0.4, -0.2) is 62.5 Å². The van der Waals surface area contributed by atoms with Crippen molar-refractivity contribution in [2.45, 2.75) is 72.1 Å². The van der Waals surface area contributed by atoms with Crippen LogP contribution in [0.25, 0.3) is 0 Å². The number of hydrogen-bond acceptors (Lipinski definition) is 3. The van der Waals surface area contributed by atoms with E-state index in [1.54, 1.807) is 4.90 Å². The van der Waals surface area contributed by atoms with E-state index in [2.05, 4.69) is 49.6 Å². The first-order valence-electron chi connectivity index (χ1n) is 12.5. The van der Waals surface area contributed by atoms with Gasteiger partial charge in [0, 0.05) is 40.3 Å². The zero-order valence-electron chi connectivity index (χ0n) is 21.3. The van der Waals surface area contributed by atoms with Crippen LogP contribution in [0.15, 0.2) is 18.2 Å². The molecule has 0 atom stereocenters. The second-order valence-corrected chi connectivity index (χ2v) is 11.0. The van der Waals surface area contributed by atoms with Crippen LogP contribution in [0.3, 0.4) is 0 Å². The first-order chi connectivity index (χ1) is 14.7. The second kappa shape index (κ2) is 11.7. The highest BCUT2D eigenvalue weighted by atomic mass is 35.5. The van der Waals surface area contributed by atoms with Crippen molar-refractivity contribution in [1.29, 1.82) is 0 Å². The Balaban J connectivity index is 0.00000363. The Labute approximate surface area is 203 Å². The van der Waals surface area contributed by atoms with Gasteiger partial charge in [-0.05, 0) is 67.5 Å². The van der Waals surface area contributed by atoms with E-state index in [1.807, 2.05) is 20.2 Å². The van der Waals surface area contributed by atoms with E-state index in [0.29, 0.717) is 11.3 Å². The molecule has 1 aliphatic carbocycles. The molecule has 0 spiro atoms. The average Bonchev–Trinajstić information content (AvgIpc) is 2.76. The summed E-state index contributed by atoms with van der Waals surface area (Å²) in [5.74, 6) is 1.51. The van der Waals surface area contributed by atoms with Crippen molar-refractivity contribution in [3.05, 3.63) is 29.3 Å². The number of anilines is 1. The fourth-order valence-corrected chi connectivity index (χ4v) is 5.50. The number of unbranched alkanes of at least 4 members (excludes halogenated alkanes) is 1. The number of para-hydroxylation sites is 1. The molecule has 1 aliphatic heterocycles. The van der Waals surface area contributed by atoms with Gasteiger partial charge in [-0.3, -0.25) is 9.69 Å². The van der Waals surface area contributed by atoms with Gasteiger partial charge in [0.1, 0.15) is 0 Å². The summed E-state index contributed by atoms with van der Waals surface area (Å²) in [7, 11) is 3.74. The smallest absolute Gasteiger partial charge is 0.255 e. The summed E-state index contributed by atoms with van der Waals surface area (Å²) in [6, 6.07) is 6.47. The minimum absolute atomic E-state index is 0. The maximum Gasteiger partial charge on any atom is 0.255 e. The first-order valence-corrected chi connectivity index (χ1v) is 12.5. The number of amides is 1. The highest BCUT2D eigenvalue weighted by molar-refractivity contribution is 6.00. The Morgan fingerprint density at radius 1 is 1.03 bits per heavy atom. The highest BCUT2D eigenvalue weighted by Gasteiger charge is 2.33. The summed E-state index contributed by atoms with van der Waals surface area (Å²) in [6.45, 7) is 14.9. The summed E-state index contributed by atoms with van der Waals surface area (Å²) < 4.78 is 0. The van der Waals surface area contributed by atoms with Crippen molar-refractivity contribution in [2.75, 3.05) is 51.7 Å². The van der Waals surface area contributed by atoms with Crippen molar-refractivity contribution >= 4 is 24.0 Å². The molecule has 182 valence electrons. The predicted octanol–water partition coefficient (Wildman–Crippen LogP) is 6.05. The van der Waals surface area contributed by atoms with Crippen LogP contribution in [0, 0.1) is 11.3 Å². The highest BCUT2D eigenvalue weighted by Crippen LogP contribution is 2.46. The number of benzene rings is 1. The Morgan fingerprint density at radius 2 is 1.66 bits per heavy atom. The molecular weight excluding hydrogens is 418 g/mol. The van der Waals surface area contributed by atoms with Gasteiger partial charge in [0.15, 0.2) is 0 Å². The molecule has 1 heterocycles. The van der Waals surface area contributed by atoms with Gasteiger partial charge in [0.05, 0.1) is 11.3 Å². The third kappa shape index (κ3) is 6.41. The lowest BCUT2D eigenvalue weighted by atomic mass is 9.68. The first kappa shape index (κ1) is 27.0. The van der Waals surface area contributed by atoms with Crippen molar-refractivity contribution < 1.29 is 4.79 Å². The van der Waals surface area contributed by atoms with E-state index in [-0.39, 0.29) is 18.3 Å². The molecule has 0 aromatic heterocycles. The zero-order valence-corrected chi connectivity index (χ0v) is 22.1. The normalized spacial score (nSPS) is 22.4. The summed E-state index contributed by atoms with van der Waals surface area (Å²) >= 11 is 0. The molecule has 0 unspecified atom stereocenters. The number of nitrogens with zero attached hydrogens (tertiary/aromatic N) is 3. The van der Waals surface area contributed by atoms with Crippen LogP contribution in [0.4, 0.5) is 5.69 Å². The lowest BCUT2D eigenvalue weighted by Gasteiger charge is -2.41. The van der Waals surface area contributed by atoms with Crippen LogP contribution in [0.5, 0.6) is 0 Å². The summed E-state index contributed by atoms with van der Waals surface area (Å²) in [6.07, 6.45) is 7.60. The van der Waals surface area contributed by atoms with Gasteiger partial charge in [0.25, 0.3) is 5.91 Å². The van der Waals surface area contributed by atoms with Crippen LogP contribution in [0.1, 0.15) is 88.1 Å². The van der Waals surface area contributed by atoms with Crippen molar-refractivity contribution in [3.8, 4) is 0 Å². The van der Waals surface area contributed by atoms with Crippen LogP contribution < -0.4 is 4.90 Å². The molecule has 3 rings (SSSR count). The quantitative estimate of drug-likeness (QED) is 0.513. The molecule has 5 heteroatoms. The Kier molecular flexibility index (Phi) is 9.90. The van der Waals surface area contributed by atoms with Gasteiger partial charge < -0.3 is 9.80 Å². The molecule has 2 fully saturated rings. The summed E-state index contributed by atoms with van der Waals surface area (Å²) in [5.41, 5.74) is 3.94. The topological polar surface area (TPSA) is 26.8 Å². The predicted molar refractivity (Wildman–Crippen MR) is 139 cm³/mol. The maximum atomic E-state index is 13.1. The Hall–Kier alpha value is -1.26. The molecule has 1 saturated carbocycles. The molecule has 0 bridgehead atoms. The maximum absolute atomic E-state index is 13.1. The van der Waals surface area contributed by atoms with Gasteiger partial charge >= 0.3 is 0 Å². The third-order valence-electron chi connectivity index (χ3n) is 7.61. The molecule has 1 amide bonds. The second-order valence-electron chi connectivity index (χ2n) is 11.0. The largest absolute Gasteiger partial charge is 0.368 e. The molecule has 32 heavy (non-hydrogen) atoms. The molecule has 0 radical (unpaired) electrons. The molecular formula is C27H46ClN3O. The molecule has 1 aromatic rings. The minimum atomic E-state index is 0. The Bertz CT molecular complexity index is 727. The number of hydrogen-bond donors (Lipinski definition) is 0. The van der Waals surface area contributed by atoms with Crippen LogP contribution in [-0.2, 0) is 0 Å². The molecule has 1 aromatic carbocycles. The number of carbonyl (C=O) groups is 1. The third-order valence-corrected chi connectivity index (χ3v) is 7.61. The van der Waals surface area contributed by atoms with E-state index in [0.717, 1.165) is 37.7 Å². The fourth-order valence-electron chi connectivity index (χ4n) is 5.50. The Morgan fingerprint density at radius 3 is 2.19 bits per heavy atom. The standard InChI is InChI=1S/C27H45N3O.ClH/c1-7-8-16-29-17-19-30(20-18-29)25-23(10-9-11-24(25)26(31)28(5)6)21-12-14-22(15-13-21)27(2,3)4;/h9-11,21-22H,7-8,12-20H2,1-6H3;1H. The van der Waals surface area contributed by atoms with Gasteiger partial charge in [-0.2, -0.15) is 0 Å². The summed E-state index contributed by atoms with van der Waals surface area (Å²) in [4.78, 5) is 20.0. The van der Waals surface area contributed by atoms with E-state index >= 15 is 0 Å². The molecule has 2 aliphatic rings. The van der Waals surface area contributed by atoms with Gasteiger partial charge in [-0.25, -0.2) is 0 Å². The number of piperazine rings is 1. The average molecular weight is 464 g/mol. The lowest BCUT2D eigenvalue weighted by Crippen LogP contribution is -2.47. The molecule has 4 nitrogen and oxygen atoms in total. The molecule has 1 saturated heterocycles. The lowest BCUT2D eigenvalue weighted by molar-refractivity contribution is 0.0828. The van der Waals surface area contributed by atoms with Crippen LogP contribution >= 0.6 is 12.4 Å². The van der Waals surface area contributed by atoms with E-state index in [4.69, 9.17) is 0 Å². The fraction of sp³-hybridized carbons (Fsp3) is 0.741. The minimum Gasteiger partial charge on any atom is -0.368 e. The van der Waals surface area contributed by atoms with E-state index in [9.17, 15) is 4.79 Å². The number of carbonyl (C=O) groups excluding carboxylic acids is 1. The summed E-state index contributed by atoms with van der Waals surface area (Å²) in [5, 5.41) is 0. The molecule has 0 N–H and O–H groups in total. The number of halogens is 1. The van der Waals surface area contributed by atoms with E-state index in [1.165, 1.54) is 56.3 Å². The number of rotatable bonds is 6. The zero-order chi connectivity index (χ0) is 22.6. The van der Waals surface area contributed by atoms with Gasteiger partial charge in [0.2, 0.25) is 0 Å². The van der Waals surface area contributed by atoms with Crippen molar-refractivity contribution in [2.24, 2.45) is 11.3 Å². The van der Waals surface area contributed by atoms with Gasteiger partial charge in [-0.1, -0.05) is 46.2 Å². The van der Waals surface area contributed by atoms with E-state index < -0.39 is 0 Å².